The number of amides is 2. The Morgan fingerprint density at radius 1 is 1.30 bits per heavy atom. The van der Waals surface area contributed by atoms with Gasteiger partial charge < -0.3 is 14.5 Å². The number of ether oxygens (including phenoxy) is 1. The fourth-order valence-electron chi connectivity index (χ4n) is 3.16. The van der Waals surface area contributed by atoms with Crippen LogP contribution in [0.5, 0.6) is 0 Å². The van der Waals surface area contributed by atoms with Gasteiger partial charge in [0.2, 0.25) is 11.8 Å². The Labute approximate surface area is 139 Å². The molecule has 0 N–H and O–H groups in total. The third-order valence-corrected chi connectivity index (χ3v) is 4.50. The van der Waals surface area contributed by atoms with Crippen LogP contribution in [-0.2, 0) is 14.3 Å². The van der Waals surface area contributed by atoms with E-state index in [0.717, 1.165) is 52.4 Å². The molecule has 0 aliphatic carbocycles. The number of rotatable bonds is 8. The van der Waals surface area contributed by atoms with E-state index in [2.05, 4.69) is 18.4 Å². The standard InChI is InChI=1S/C17H29N3O3/c1-3-5-20-14-15(13-16(20)21)17(22)19-8-6-18(7-9-19)10-12-23-11-4-2/h3,15H,1,4-14H2,2H3. The second kappa shape index (κ2) is 9.03. The zero-order valence-corrected chi connectivity index (χ0v) is 14.2. The van der Waals surface area contributed by atoms with E-state index < -0.39 is 0 Å². The molecule has 2 rings (SSSR count). The SMILES string of the molecule is C=CCN1CC(C(=O)N2CCN(CCOCCC)CC2)CC1=O. The van der Waals surface area contributed by atoms with Gasteiger partial charge in [0.15, 0.2) is 0 Å². The maximum absolute atomic E-state index is 12.6. The highest BCUT2D eigenvalue weighted by Gasteiger charge is 2.36. The van der Waals surface area contributed by atoms with Crippen LogP contribution in [0.25, 0.3) is 0 Å². The molecule has 0 saturated carbocycles. The molecule has 0 aromatic rings. The predicted octanol–water partition coefficient (Wildman–Crippen LogP) is 0.592. The fourth-order valence-corrected chi connectivity index (χ4v) is 3.16. The second-order valence-corrected chi connectivity index (χ2v) is 6.27. The Balaban J connectivity index is 1.71. The number of hydrogen-bond donors (Lipinski definition) is 0. The number of nitrogens with zero attached hydrogens (tertiary/aromatic N) is 3. The molecule has 2 aliphatic heterocycles. The first-order valence-corrected chi connectivity index (χ1v) is 8.63. The molecule has 0 aromatic heterocycles. The first-order valence-electron chi connectivity index (χ1n) is 8.63. The molecule has 1 unspecified atom stereocenters. The van der Waals surface area contributed by atoms with Crippen molar-refractivity contribution >= 4 is 11.8 Å². The van der Waals surface area contributed by atoms with Gasteiger partial charge in [-0.25, -0.2) is 0 Å². The van der Waals surface area contributed by atoms with Crippen molar-refractivity contribution < 1.29 is 14.3 Å². The summed E-state index contributed by atoms with van der Waals surface area (Å²) in [5.41, 5.74) is 0. The molecular weight excluding hydrogens is 294 g/mol. The summed E-state index contributed by atoms with van der Waals surface area (Å²) < 4.78 is 5.51. The van der Waals surface area contributed by atoms with Crippen LogP contribution in [0.1, 0.15) is 19.8 Å². The molecule has 0 aromatic carbocycles. The predicted molar refractivity (Wildman–Crippen MR) is 89.0 cm³/mol. The van der Waals surface area contributed by atoms with Gasteiger partial charge in [0.05, 0.1) is 12.5 Å². The second-order valence-electron chi connectivity index (χ2n) is 6.27. The Hall–Kier alpha value is -1.40. The quantitative estimate of drug-likeness (QED) is 0.485. The molecule has 0 spiro atoms. The molecule has 6 nitrogen and oxygen atoms in total. The van der Waals surface area contributed by atoms with Gasteiger partial charge >= 0.3 is 0 Å². The number of hydrogen-bond acceptors (Lipinski definition) is 4. The average molecular weight is 323 g/mol. The van der Waals surface area contributed by atoms with E-state index in [9.17, 15) is 9.59 Å². The zero-order valence-electron chi connectivity index (χ0n) is 14.2. The lowest BCUT2D eigenvalue weighted by Crippen LogP contribution is -2.51. The molecule has 23 heavy (non-hydrogen) atoms. The van der Waals surface area contributed by atoms with Crippen molar-refractivity contribution in [1.29, 1.82) is 0 Å². The van der Waals surface area contributed by atoms with E-state index in [1.807, 2.05) is 4.90 Å². The Morgan fingerprint density at radius 3 is 2.70 bits per heavy atom. The molecule has 2 heterocycles. The number of likely N-dealkylation sites (tertiary alicyclic amines) is 1. The average Bonchev–Trinajstić information content (AvgIpc) is 2.93. The van der Waals surface area contributed by atoms with Crippen LogP contribution in [0, 0.1) is 5.92 Å². The molecule has 0 radical (unpaired) electrons. The minimum absolute atomic E-state index is 0.0648. The lowest BCUT2D eigenvalue weighted by Gasteiger charge is -2.35. The van der Waals surface area contributed by atoms with Gasteiger partial charge in [-0.05, 0) is 6.42 Å². The highest BCUT2D eigenvalue weighted by Crippen LogP contribution is 2.20. The van der Waals surface area contributed by atoms with E-state index in [1.54, 1.807) is 11.0 Å². The van der Waals surface area contributed by atoms with Crippen molar-refractivity contribution in [1.82, 2.24) is 14.7 Å². The lowest BCUT2D eigenvalue weighted by atomic mass is 10.1. The summed E-state index contributed by atoms with van der Waals surface area (Å²) in [5.74, 6) is 0.0173. The molecule has 2 fully saturated rings. The maximum Gasteiger partial charge on any atom is 0.228 e. The van der Waals surface area contributed by atoms with Gasteiger partial charge in [0.1, 0.15) is 0 Å². The van der Waals surface area contributed by atoms with Gasteiger partial charge in [-0.1, -0.05) is 13.0 Å². The van der Waals surface area contributed by atoms with Crippen molar-refractivity contribution in [2.24, 2.45) is 5.92 Å². The summed E-state index contributed by atoms with van der Waals surface area (Å²) in [4.78, 5) is 30.4. The summed E-state index contributed by atoms with van der Waals surface area (Å²) >= 11 is 0. The minimum atomic E-state index is -0.179. The van der Waals surface area contributed by atoms with E-state index >= 15 is 0 Å². The molecule has 2 aliphatic rings. The topological polar surface area (TPSA) is 53.1 Å². The third-order valence-electron chi connectivity index (χ3n) is 4.50. The van der Waals surface area contributed by atoms with Crippen LogP contribution in [0.15, 0.2) is 12.7 Å². The smallest absolute Gasteiger partial charge is 0.228 e. The van der Waals surface area contributed by atoms with Crippen molar-refractivity contribution in [3.63, 3.8) is 0 Å². The van der Waals surface area contributed by atoms with Gasteiger partial charge in [-0.2, -0.15) is 0 Å². The van der Waals surface area contributed by atoms with Crippen molar-refractivity contribution in [3.05, 3.63) is 12.7 Å². The number of carbonyl (C=O) groups excluding carboxylic acids is 2. The third kappa shape index (κ3) is 5.04. The molecular formula is C17H29N3O3. The van der Waals surface area contributed by atoms with Crippen molar-refractivity contribution in [2.75, 3.05) is 59.0 Å². The number of piperazine rings is 1. The molecule has 0 bridgehead atoms. The van der Waals surface area contributed by atoms with Crippen LogP contribution in [-0.4, -0.2) is 85.5 Å². The monoisotopic (exact) mass is 323 g/mol. The molecule has 1 atom stereocenters. The van der Waals surface area contributed by atoms with Gasteiger partial charge in [0.25, 0.3) is 0 Å². The zero-order chi connectivity index (χ0) is 16.7. The summed E-state index contributed by atoms with van der Waals surface area (Å²) in [6.07, 6.45) is 3.10. The van der Waals surface area contributed by atoms with Gasteiger partial charge in [0, 0.05) is 58.8 Å². The molecule has 6 heteroatoms. The lowest BCUT2D eigenvalue weighted by molar-refractivity contribution is -0.137. The van der Waals surface area contributed by atoms with Crippen LogP contribution in [0.2, 0.25) is 0 Å². The summed E-state index contributed by atoms with van der Waals surface area (Å²) in [6, 6.07) is 0. The first kappa shape index (κ1) is 17.9. The fraction of sp³-hybridized carbons (Fsp3) is 0.765. The highest BCUT2D eigenvalue weighted by molar-refractivity contribution is 5.89. The Morgan fingerprint density at radius 2 is 2.04 bits per heavy atom. The van der Waals surface area contributed by atoms with Crippen LogP contribution < -0.4 is 0 Å². The van der Waals surface area contributed by atoms with Crippen molar-refractivity contribution in [2.45, 2.75) is 19.8 Å². The first-order chi connectivity index (χ1) is 11.2. The summed E-state index contributed by atoms with van der Waals surface area (Å²) in [5, 5.41) is 0. The molecule has 130 valence electrons. The number of carbonyl (C=O) groups is 2. The maximum atomic E-state index is 12.6. The summed E-state index contributed by atoms with van der Waals surface area (Å²) in [6.45, 7) is 12.6. The Kier molecular flexibility index (Phi) is 7.05. The van der Waals surface area contributed by atoms with Gasteiger partial charge in [-0.15, -0.1) is 6.58 Å². The molecule has 2 saturated heterocycles. The van der Waals surface area contributed by atoms with E-state index in [4.69, 9.17) is 4.74 Å². The summed E-state index contributed by atoms with van der Waals surface area (Å²) in [7, 11) is 0. The van der Waals surface area contributed by atoms with E-state index in [-0.39, 0.29) is 17.7 Å². The van der Waals surface area contributed by atoms with Crippen LogP contribution in [0.3, 0.4) is 0 Å². The van der Waals surface area contributed by atoms with E-state index in [1.165, 1.54) is 0 Å². The molecule has 2 amide bonds. The van der Waals surface area contributed by atoms with Gasteiger partial charge in [-0.3, -0.25) is 14.5 Å². The van der Waals surface area contributed by atoms with Crippen LogP contribution in [0.4, 0.5) is 0 Å². The van der Waals surface area contributed by atoms with E-state index in [0.29, 0.717) is 19.5 Å². The van der Waals surface area contributed by atoms with Crippen LogP contribution >= 0.6 is 0 Å². The normalized spacial score (nSPS) is 22.7. The largest absolute Gasteiger partial charge is 0.380 e. The Bertz CT molecular complexity index is 419. The highest BCUT2D eigenvalue weighted by atomic mass is 16.5. The van der Waals surface area contributed by atoms with Crippen molar-refractivity contribution in [3.8, 4) is 0 Å². The minimum Gasteiger partial charge on any atom is -0.380 e.